The first-order chi connectivity index (χ1) is 33.7. The number of amides is 2. The number of carbonyl (C=O) groups is 5. The van der Waals surface area contributed by atoms with Crippen molar-refractivity contribution in [2.75, 3.05) is 36.8 Å². The summed E-state index contributed by atoms with van der Waals surface area (Å²) in [6.07, 6.45) is -0.217. The first kappa shape index (κ1) is 53.9. The molecule has 0 atom stereocenters. The number of ketones is 1. The molecule has 0 spiro atoms. The molecule has 0 saturated heterocycles. The van der Waals surface area contributed by atoms with Crippen LogP contribution in [0.15, 0.2) is 131 Å². The molecule has 0 fully saturated rings. The van der Waals surface area contributed by atoms with Crippen LogP contribution in [-0.4, -0.2) is 83.9 Å². The van der Waals surface area contributed by atoms with E-state index in [9.17, 15) is 40.8 Å². The van der Waals surface area contributed by atoms with E-state index in [4.69, 9.17) is 19.7 Å². The highest BCUT2D eigenvalue weighted by Gasteiger charge is 2.25. The number of rotatable bonds is 20. The number of benzene rings is 6. The predicted molar refractivity (Wildman–Crippen MR) is 268 cm³/mol. The van der Waals surface area contributed by atoms with Gasteiger partial charge in [-0.3, -0.25) is 33.4 Å². The van der Waals surface area contributed by atoms with Crippen LogP contribution in [0.3, 0.4) is 0 Å². The molecule has 0 unspecified atom stereocenters. The van der Waals surface area contributed by atoms with Gasteiger partial charge in [0.05, 0.1) is 53.8 Å². The maximum atomic E-state index is 13.6. The third-order valence-corrected chi connectivity index (χ3v) is 13.4. The van der Waals surface area contributed by atoms with Gasteiger partial charge in [0, 0.05) is 36.2 Å². The Hall–Kier alpha value is -8.03. The van der Waals surface area contributed by atoms with Gasteiger partial charge in [0.15, 0.2) is 5.78 Å². The zero-order chi connectivity index (χ0) is 52.0. The van der Waals surface area contributed by atoms with Crippen molar-refractivity contribution in [2.24, 2.45) is 0 Å². The molecule has 0 aromatic heterocycles. The third kappa shape index (κ3) is 14.5. The van der Waals surface area contributed by atoms with Crippen molar-refractivity contribution in [3.05, 3.63) is 177 Å². The van der Waals surface area contributed by atoms with Gasteiger partial charge in [-0.15, -0.1) is 0 Å². The number of anilines is 2. The van der Waals surface area contributed by atoms with Gasteiger partial charge in [0.2, 0.25) is 0 Å². The lowest BCUT2D eigenvalue weighted by Gasteiger charge is -2.16. The second kappa shape index (κ2) is 24.0. The van der Waals surface area contributed by atoms with Crippen molar-refractivity contribution in [1.29, 1.82) is 0 Å². The Labute approximate surface area is 412 Å². The number of sulfonamides is 2. The molecule has 0 heterocycles. The van der Waals surface area contributed by atoms with E-state index in [0.29, 0.717) is 46.7 Å². The quantitative estimate of drug-likeness (QED) is 0.0415. The lowest BCUT2D eigenvalue weighted by Crippen LogP contribution is -2.23. The van der Waals surface area contributed by atoms with Gasteiger partial charge in [0.1, 0.15) is 11.5 Å². The van der Waals surface area contributed by atoms with Crippen molar-refractivity contribution in [1.82, 2.24) is 10.6 Å². The third-order valence-electron chi connectivity index (χ3n) is 10.7. The van der Waals surface area contributed by atoms with Crippen molar-refractivity contribution in [3.63, 3.8) is 0 Å². The minimum Gasteiger partial charge on any atom is -0.496 e. The number of hydrogen-bond donors (Lipinski definition) is 6. The van der Waals surface area contributed by atoms with Crippen LogP contribution in [0, 0.1) is 13.8 Å². The van der Waals surface area contributed by atoms with Crippen LogP contribution in [0.25, 0.3) is 0 Å². The van der Waals surface area contributed by atoms with Gasteiger partial charge in [-0.05, 0) is 123 Å². The summed E-state index contributed by atoms with van der Waals surface area (Å²) in [6, 6.07) is 31.0. The van der Waals surface area contributed by atoms with Crippen LogP contribution in [-0.2, 0) is 48.9 Å². The van der Waals surface area contributed by atoms with Crippen LogP contribution < -0.4 is 29.6 Å². The summed E-state index contributed by atoms with van der Waals surface area (Å²) in [5.41, 5.74) is 4.67. The lowest BCUT2D eigenvalue weighted by atomic mass is 9.97. The number of aliphatic carboxylic acids is 2. The van der Waals surface area contributed by atoms with E-state index in [1.807, 2.05) is 13.8 Å². The largest absolute Gasteiger partial charge is 0.496 e. The lowest BCUT2D eigenvalue weighted by molar-refractivity contribution is -0.137. The summed E-state index contributed by atoms with van der Waals surface area (Å²) in [7, 11) is -5.16. The fourth-order valence-corrected chi connectivity index (χ4v) is 9.29. The Morgan fingerprint density at radius 1 is 0.507 bits per heavy atom. The summed E-state index contributed by atoms with van der Waals surface area (Å²) in [6.45, 7) is 8.01. The molecular weight excluding hydrogens is 953 g/mol. The topological polar surface area (TPSA) is 261 Å². The fraction of sp³-hybridized carbons (Fsp3) is 0.212. The summed E-state index contributed by atoms with van der Waals surface area (Å²) >= 11 is 0. The highest BCUT2D eigenvalue weighted by molar-refractivity contribution is 7.93. The molecule has 0 aliphatic carbocycles. The van der Waals surface area contributed by atoms with Crippen LogP contribution in [0.1, 0.15) is 83.9 Å². The van der Waals surface area contributed by atoms with Crippen molar-refractivity contribution in [3.8, 4) is 11.5 Å². The molecular formula is C52H54N4O13S2. The molecule has 6 aromatic carbocycles. The van der Waals surface area contributed by atoms with Crippen LogP contribution in [0.4, 0.5) is 11.4 Å². The van der Waals surface area contributed by atoms with Crippen molar-refractivity contribution in [2.45, 2.75) is 56.7 Å². The van der Waals surface area contributed by atoms with E-state index in [2.05, 4.69) is 20.1 Å². The van der Waals surface area contributed by atoms with E-state index in [1.54, 1.807) is 68.4 Å². The summed E-state index contributed by atoms with van der Waals surface area (Å²) in [5.74, 6) is -2.67. The zero-order valence-electron chi connectivity index (χ0n) is 39.8. The fourth-order valence-electron chi connectivity index (χ4n) is 7.12. The normalized spacial score (nSPS) is 11.0. The molecule has 0 radical (unpaired) electrons. The summed E-state index contributed by atoms with van der Waals surface area (Å²) < 4.78 is 68.3. The Morgan fingerprint density at radius 2 is 0.958 bits per heavy atom. The number of ether oxygens (including phenoxy) is 2. The first-order valence-electron chi connectivity index (χ1n) is 22.0. The molecule has 6 N–H and O–H groups in total. The SMILES string of the molecule is CCNC(=O)c1ccc(C(=O)c2cc(CC(=O)O)ccc2OC)c(NS(=O)(=O)c2ccc(C)cc2)c1.CCNC(=O)c1ccc(Cc2cc(CC(=O)O)ccc2OC)c(NS(=O)(=O)c2ccc(C)cc2)c1. The molecule has 17 nitrogen and oxygen atoms in total. The van der Waals surface area contributed by atoms with Crippen LogP contribution >= 0.6 is 0 Å². The average molecular weight is 1010 g/mol. The molecule has 0 aliphatic heterocycles. The monoisotopic (exact) mass is 1010 g/mol. The number of carboxylic acid groups (broad SMARTS) is 2. The molecule has 0 aliphatic rings. The number of nitrogens with one attached hydrogen (secondary N) is 4. The molecule has 71 heavy (non-hydrogen) atoms. The molecule has 0 saturated carbocycles. The van der Waals surface area contributed by atoms with Crippen LogP contribution in [0.5, 0.6) is 11.5 Å². The van der Waals surface area contributed by atoms with Crippen molar-refractivity contribution < 1.29 is 60.5 Å². The summed E-state index contributed by atoms with van der Waals surface area (Å²) in [4.78, 5) is 60.9. The molecule has 0 bridgehead atoms. The highest BCUT2D eigenvalue weighted by atomic mass is 32.2. The van der Waals surface area contributed by atoms with Crippen LogP contribution in [0.2, 0.25) is 0 Å². The van der Waals surface area contributed by atoms with E-state index < -0.39 is 43.7 Å². The smallest absolute Gasteiger partial charge is 0.307 e. The Bertz CT molecular complexity index is 3180. The van der Waals surface area contributed by atoms with Gasteiger partial charge in [0.25, 0.3) is 31.9 Å². The number of hydrogen-bond acceptors (Lipinski definition) is 11. The number of carboxylic acids is 2. The first-order valence-corrected chi connectivity index (χ1v) is 25.0. The Balaban J connectivity index is 0.000000264. The molecule has 372 valence electrons. The van der Waals surface area contributed by atoms with Gasteiger partial charge in [-0.25, -0.2) is 16.8 Å². The number of carbonyl (C=O) groups excluding carboxylic acids is 3. The van der Waals surface area contributed by atoms with Gasteiger partial charge in [-0.1, -0.05) is 59.7 Å². The minimum absolute atomic E-state index is 0.0176. The summed E-state index contributed by atoms with van der Waals surface area (Å²) in [5, 5.41) is 23.6. The van der Waals surface area contributed by atoms with E-state index in [-0.39, 0.29) is 68.8 Å². The number of aryl methyl sites for hydroxylation is 2. The zero-order valence-corrected chi connectivity index (χ0v) is 41.4. The molecule has 19 heteroatoms. The van der Waals surface area contributed by atoms with Gasteiger partial charge >= 0.3 is 11.9 Å². The van der Waals surface area contributed by atoms with Gasteiger partial charge in [-0.2, -0.15) is 0 Å². The number of methoxy groups -OCH3 is 2. The minimum atomic E-state index is -4.11. The second-order valence-electron chi connectivity index (χ2n) is 16.0. The highest BCUT2D eigenvalue weighted by Crippen LogP contribution is 2.31. The standard InChI is InChI=1S/C26H26N2O7S.C26H28N2O6S/c1-4-27-26(32)18-8-11-20(22(15-18)28-36(33,34)19-9-5-16(2)6-10-19)25(31)21-13-17(14-24(29)30)7-12-23(21)35-3;1-4-27-26(31)20-9-8-19(15-21-13-18(14-25(29)30)7-12-24(21)34-3)23(16-20)28-35(32,33)22-10-5-17(2)6-11-22/h5-13,15,28H,4,14H2,1-3H3,(H,27,32)(H,29,30);5-13,16,28H,4,14-15H2,1-3H3,(H,27,31)(H,29,30). The van der Waals surface area contributed by atoms with Crippen molar-refractivity contribution >= 4 is 61.0 Å². The molecule has 2 amide bonds. The molecule has 6 aromatic rings. The molecule has 6 rings (SSSR count). The Morgan fingerprint density at radius 3 is 1.44 bits per heavy atom. The average Bonchev–Trinajstić information content (AvgIpc) is 3.32. The maximum Gasteiger partial charge on any atom is 0.307 e. The van der Waals surface area contributed by atoms with E-state index >= 15 is 0 Å². The predicted octanol–water partition coefficient (Wildman–Crippen LogP) is 7.18. The van der Waals surface area contributed by atoms with Gasteiger partial charge < -0.3 is 30.3 Å². The van der Waals surface area contributed by atoms with E-state index in [0.717, 1.165) is 11.1 Å². The van der Waals surface area contributed by atoms with E-state index in [1.165, 1.54) is 80.9 Å². The Kier molecular flexibility index (Phi) is 18.2. The maximum absolute atomic E-state index is 13.6. The second-order valence-corrected chi connectivity index (χ2v) is 19.4.